The number of nitrogens with one attached hydrogen (secondary N) is 3. The van der Waals surface area contributed by atoms with Gasteiger partial charge in [-0.15, -0.1) is 0 Å². The van der Waals surface area contributed by atoms with Gasteiger partial charge in [-0.3, -0.25) is 14.4 Å². The quantitative estimate of drug-likeness (QED) is 0.135. The van der Waals surface area contributed by atoms with E-state index >= 15 is 0 Å². The number of hydrogen-bond acceptors (Lipinski definition) is 5. The van der Waals surface area contributed by atoms with Gasteiger partial charge < -0.3 is 25.4 Å². The summed E-state index contributed by atoms with van der Waals surface area (Å²) in [4.78, 5) is 51.5. The van der Waals surface area contributed by atoms with Crippen molar-refractivity contribution < 1.29 is 14.4 Å². The van der Waals surface area contributed by atoms with Crippen molar-refractivity contribution in [3.8, 4) is 11.4 Å². The first-order chi connectivity index (χ1) is 24.5. The fourth-order valence-corrected chi connectivity index (χ4v) is 7.25. The third-order valence-electron chi connectivity index (χ3n) is 9.94. The SMILES string of the molecule is O=C(Nc1ccc2[nH]c(-c3cccc(NC[C@@H]4CCCN4C(=O)CCc4ccccc4)c3)nc2c1)[C@@H]1CCCN1C(=O)CCc1ccccc1. The Morgan fingerprint density at radius 2 is 1.40 bits per heavy atom. The topological polar surface area (TPSA) is 110 Å². The Morgan fingerprint density at radius 1 is 0.720 bits per heavy atom. The van der Waals surface area contributed by atoms with E-state index in [1.165, 1.54) is 5.56 Å². The van der Waals surface area contributed by atoms with Crippen LogP contribution in [0, 0.1) is 0 Å². The van der Waals surface area contributed by atoms with Crippen molar-refractivity contribution in [1.29, 1.82) is 0 Å². The van der Waals surface area contributed by atoms with Gasteiger partial charge >= 0.3 is 0 Å². The number of amides is 3. The smallest absolute Gasteiger partial charge is 0.247 e. The molecule has 7 rings (SSSR count). The summed E-state index contributed by atoms with van der Waals surface area (Å²) in [7, 11) is 0. The minimum atomic E-state index is -0.470. The van der Waals surface area contributed by atoms with E-state index in [0.29, 0.717) is 44.5 Å². The number of anilines is 2. The van der Waals surface area contributed by atoms with Gasteiger partial charge in [0.1, 0.15) is 11.9 Å². The lowest BCUT2D eigenvalue weighted by Gasteiger charge is -2.25. The van der Waals surface area contributed by atoms with E-state index in [0.717, 1.165) is 65.9 Å². The van der Waals surface area contributed by atoms with Crippen molar-refractivity contribution in [2.24, 2.45) is 0 Å². The number of carbonyl (C=O) groups excluding carboxylic acids is 3. The van der Waals surface area contributed by atoms with Crippen LogP contribution in [-0.2, 0) is 27.2 Å². The summed E-state index contributed by atoms with van der Waals surface area (Å²) in [6.45, 7) is 2.11. The normalized spacial score (nSPS) is 17.3. The van der Waals surface area contributed by atoms with Crippen LogP contribution in [0.15, 0.2) is 103 Å². The first kappa shape index (κ1) is 33.1. The van der Waals surface area contributed by atoms with Gasteiger partial charge in [-0.1, -0.05) is 72.8 Å². The fourth-order valence-electron chi connectivity index (χ4n) is 7.25. The Morgan fingerprint density at radius 3 is 2.14 bits per heavy atom. The van der Waals surface area contributed by atoms with E-state index in [1.807, 2.05) is 89.8 Å². The Kier molecular flexibility index (Phi) is 10.2. The molecule has 0 saturated carbocycles. The molecule has 50 heavy (non-hydrogen) atoms. The molecule has 2 aliphatic rings. The number of aromatic amines is 1. The van der Waals surface area contributed by atoms with Crippen LogP contribution >= 0.6 is 0 Å². The number of likely N-dealkylation sites (tertiary alicyclic amines) is 2. The van der Waals surface area contributed by atoms with E-state index in [2.05, 4.69) is 33.8 Å². The van der Waals surface area contributed by atoms with E-state index in [1.54, 1.807) is 4.90 Å². The molecule has 3 heterocycles. The van der Waals surface area contributed by atoms with Gasteiger partial charge in [-0.05, 0) is 80.0 Å². The van der Waals surface area contributed by atoms with Crippen molar-refractivity contribution in [2.45, 2.75) is 63.5 Å². The van der Waals surface area contributed by atoms with Gasteiger partial charge in [0.25, 0.3) is 0 Å². The lowest BCUT2D eigenvalue weighted by molar-refractivity contribution is -0.136. The van der Waals surface area contributed by atoms with Crippen LogP contribution in [0.5, 0.6) is 0 Å². The van der Waals surface area contributed by atoms with E-state index in [4.69, 9.17) is 4.98 Å². The van der Waals surface area contributed by atoms with Crippen LogP contribution in [0.1, 0.15) is 49.7 Å². The number of rotatable bonds is 12. The number of carbonyl (C=O) groups is 3. The molecule has 9 heteroatoms. The van der Waals surface area contributed by atoms with Crippen LogP contribution in [0.3, 0.4) is 0 Å². The summed E-state index contributed by atoms with van der Waals surface area (Å²) < 4.78 is 0. The van der Waals surface area contributed by atoms with E-state index in [9.17, 15) is 14.4 Å². The molecular weight excluding hydrogens is 624 g/mol. The minimum Gasteiger partial charge on any atom is -0.383 e. The number of aromatic nitrogens is 2. The standard InChI is InChI=1S/C41H44N6O3/c48-38(22-18-29-10-3-1-4-11-29)46-24-8-16-34(46)28-42-32-15-7-14-31(26-32)40-44-35-21-20-33(27-36(35)45-40)43-41(50)37-17-9-25-47(37)39(49)23-19-30-12-5-2-6-13-30/h1-7,10-15,20-21,26-27,34,37,42H,8-9,16-19,22-25,28H2,(H,43,50)(H,44,45)/t34-,37-/m0/s1. The van der Waals surface area contributed by atoms with Crippen LogP contribution in [0.25, 0.3) is 22.4 Å². The molecule has 3 N–H and O–H groups in total. The molecule has 0 unspecified atom stereocenters. The largest absolute Gasteiger partial charge is 0.383 e. The highest BCUT2D eigenvalue weighted by molar-refractivity contribution is 5.99. The highest BCUT2D eigenvalue weighted by Crippen LogP contribution is 2.27. The number of nitrogens with zero attached hydrogens (tertiary/aromatic N) is 3. The predicted octanol–water partition coefficient (Wildman–Crippen LogP) is 6.83. The predicted molar refractivity (Wildman–Crippen MR) is 198 cm³/mol. The lowest BCUT2D eigenvalue weighted by atomic mass is 10.1. The third kappa shape index (κ3) is 7.88. The van der Waals surface area contributed by atoms with Crippen molar-refractivity contribution >= 4 is 40.1 Å². The summed E-state index contributed by atoms with van der Waals surface area (Å²) >= 11 is 0. The zero-order valence-corrected chi connectivity index (χ0v) is 28.3. The molecular formula is C41H44N6O3. The Balaban J connectivity index is 0.948. The number of imidazole rings is 1. The highest BCUT2D eigenvalue weighted by Gasteiger charge is 2.34. The molecule has 3 amide bonds. The summed E-state index contributed by atoms with van der Waals surface area (Å²) in [6, 6.07) is 33.6. The summed E-state index contributed by atoms with van der Waals surface area (Å²) in [6.07, 6.45) is 5.84. The van der Waals surface area contributed by atoms with Crippen molar-refractivity contribution in [2.75, 3.05) is 30.3 Å². The molecule has 0 spiro atoms. The lowest BCUT2D eigenvalue weighted by Crippen LogP contribution is -2.43. The third-order valence-corrected chi connectivity index (χ3v) is 9.94. The van der Waals surface area contributed by atoms with E-state index < -0.39 is 6.04 Å². The van der Waals surface area contributed by atoms with Crippen molar-refractivity contribution in [3.05, 3.63) is 114 Å². The molecule has 0 bridgehead atoms. The van der Waals surface area contributed by atoms with Crippen molar-refractivity contribution in [1.82, 2.24) is 19.8 Å². The second-order valence-corrected chi connectivity index (χ2v) is 13.4. The average molecular weight is 669 g/mol. The molecule has 0 radical (unpaired) electrons. The second kappa shape index (κ2) is 15.4. The molecule has 2 aliphatic heterocycles. The Labute approximate surface area is 293 Å². The average Bonchev–Trinajstić information content (AvgIpc) is 3.93. The van der Waals surface area contributed by atoms with Gasteiger partial charge in [-0.25, -0.2) is 4.98 Å². The minimum absolute atomic E-state index is 0.0171. The van der Waals surface area contributed by atoms with Crippen LogP contribution < -0.4 is 10.6 Å². The van der Waals surface area contributed by atoms with Crippen LogP contribution in [0.4, 0.5) is 11.4 Å². The number of aryl methyl sites for hydroxylation is 2. The summed E-state index contributed by atoms with van der Waals surface area (Å²) in [5.74, 6) is 0.806. The number of fused-ring (bicyclic) bond motifs is 1. The monoisotopic (exact) mass is 668 g/mol. The summed E-state index contributed by atoms with van der Waals surface area (Å²) in [5, 5.41) is 6.60. The molecule has 4 aromatic carbocycles. The molecule has 2 fully saturated rings. The molecule has 9 nitrogen and oxygen atoms in total. The van der Waals surface area contributed by atoms with Crippen LogP contribution in [0.2, 0.25) is 0 Å². The van der Waals surface area contributed by atoms with Gasteiger partial charge in [0.05, 0.1) is 11.0 Å². The maximum Gasteiger partial charge on any atom is 0.247 e. The number of hydrogen-bond donors (Lipinski definition) is 3. The van der Waals surface area contributed by atoms with Gasteiger partial charge in [0.15, 0.2) is 0 Å². The number of benzene rings is 4. The van der Waals surface area contributed by atoms with E-state index in [-0.39, 0.29) is 23.8 Å². The van der Waals surface area contributed by atoms with Gasteiger partial charge in [0, 0.05) is 55.5 Å². The zero-order chi connectivity index (χ0) is 34.3. The zero-order valence-electron chi connectivity index (χ0n) is 28.3. The molecule has 2 atom stereocenters. The first-order valence-electron chi connectivity index (χ1n) is 17.8. The fraction of sp³-hybridized carbons (Fsp3) is 0.317. The molecule has 5 aromatic rings. The van der Waals surface area contributed by atoms with Crippen molar-refractivity contribution in [3.63, 3.8) is 0 Å². The maximum absolute atomic E-state index is 13.3. The summed E-state index contributed by atoms with van der Waals surface area (Å²) in [5.41, 5.74) is 6.48. The van der Waals surface area contributed by atoms with Gasteiger partial charge in [-0.2, -0.15) is 0 Å². The molecule has 0 aliphatic carbocycles. The first-order valence-corrected chi connectivity index (χ1v) is 17.8. The molecule has 256 valence electrons. The molecule has 1 aromatic heterocycles. The molecule has 2 saturated heterocycles. The Bertz CT molecular complexity index is 1940. The second-order valence-electron chi connectivity index (χ2n) is 13.4. The highest BCUT2D eigenvalue weighted by atomic mass is 16.2. The van der Waals surface area contributed by atoms with Crippen LogP contribution in [-0.4, -0.2) is 69.2 Å². The maximum atomic E-state index is 13.3. The number of H-pyrrole nitrogens is 1. The van der Waals surface area contributed by atoms with Gasteiger partial charge in [0.2, 0.25) is 17.7 Å². The Hall–Kier alpha value is -5.44.